The van der Waals surface area contributed by atoms with Crippen molar-refractivity contribution in [2.75, 3.05) is 23.6 Å². The van der Waals surface area contributed by atoms with Crippen LogP contribution in [0, 0.1) is 5.82 Å². The van der Waals surface area contributed by atoms with Gasteiger partial charge in [0, 0.05) is 36.7 Å². The molecule has 0 fully saturated rings. The van der Waals surface area contributed by atoms with Crippen LogP contribution in [0.5, 0.6) is 5.75 Å². The first-order valence-corrected chi connectivity index (χ1v) is 19.6. The molecule has 0 bridgehead atoms. The number of hydrogen-bond acceptors (Lipinski definition) is 12. The number of carbonyl (C=O) groups excluding carboxylic acids is 4. The first-order chi connectivity index (χ1) is 27.1. The first-order valence-electron chi connectivity index (χ1n) is 17.7. The maximum absolute atomic E-state index is 14.0. The Morgan fingerprint density at radius 1 is 0.897 bits per heavy atom. The third-order valence-electron chi connectivity index (χ3n) is 8.17. The van der Waals surface area contributed by atoms with Gasteiger partial charge in [-0.25, -0.2) is 36.6 Å². The molecule has 0 radical (unpaired) electrons. The molecule has 0 aliphatic rings. The summed E-state index contributed by atoms with van der Waals surface area (Å²) >= 11 is 0. The Morgan fingerprint density at radius 2 is 1.55 bits per heavy atom. The van der Waals surface area contributed by atoms with Crippen LogP contribution in [0.1, 0.15) is 47.1 Å². The topological polar surface area (TPSA) is 197 Å². The third-order valence-corrected chi connectivity index (χ3v) is 9.28. The normalized spacial score (nSPS) is 12.3. The number of halogens is 1. The van der Waals surface area contributed by atoms with E-state index in [0.717, 1.165) is 16.7 Å². The van der Waals surface area contributed by atoms with Crippen LogP contribution in [-0.4, -0.2) is 77.9 Å². The molecule has 0 aliphatic heterocycles. The van der Waals surface area contributed by atoms with Gasteiger partial charge in [-0.15, -0.1) is 5.10 Å². The SMILES string of the molecule is COc1cc(S(C)(=O)=O)ccc1N(C(=O)OC(C)OC(=O)C(C)(C)NC(=O)OC(C)(C)C)c1nc2ccc(-c3ccc(NC(=O)Cc4ccc(F)cc4)cc3)cn2n1. The van der Waals surface area contributed by atoms with Crippen molar-refractivity contribution < 1.29 is 50.9 Å². The molecule has 1 unspecified atom stereocenters. The van der Waals surface area contributed by atoms with E-state index in [1.165, 1.54) is 62.7 Å². The first kappa shape index (κ1) is 42.6. The molecule has 0 saturated heterocycles. The smallest absolute Gasteiger partial charge is 0.424 e. The number of nitrogens with one attached hydrogen (secondary N) is 2. The summed E-state index contributed by atoms with van der Waals surface area (Å²) in [6.07, 6.45) is -0.757. The number of anilines is 3. The molecule has 1 atom stereocenters. The number of methoxy groups -OCH3 is 1. The maximum Gasteiger partial charge on any atom is 0.424 e. The minimum atomic E-state index is -3.68. The van der Waals surface area contributed by atoms with Gasteiger partial charge in [0.15, 0.2) is 15.5 Å². The molecular weight excluding hydrogens is 776 g/mol. The van der Waals surface area contributed by atoms with Crippen molar-refractivity contribution >= 4 is 56.9 Å². The molecule has 3 amide bonds. The second-order valence-electron chi connectivity index (χ2n) is 14.6. The lowest BCUT2D eigenvalue weighted by Gasteiger charge is -2.28. The van der Waals surface area contributed by atoms with Crippen LogP contribution in [-0.2, 0) is 40.1 Å². The number of pyridine rings is 1. The number of fused-ring (bicyclic) bond motifs is 1. The van der Waals surface area contributed by atoms with E-state index in [4.69, 9.17) is 18.9 Å². The summed E-state index contributed by atoms with van der Waals surface area (Å²) in [6.45, 7) is 9.04. The molecule has 3 aromatic carbocycles. The van der Waals surface area contributed by atoms with Crippen LogP contribution >= 0.6 is 0 Å². The Kier molecular flexibility index (Phi) is 12.4. The monoisotopic (exact) mass is 818 g/mol. The number of nitrogens with zero attached hydrogens (tertiary/aromatic N) is 4. The van der Waals surface area contributed by atoms with Crippen molar-refractivity contribution in [1.82, 2.24) is 19.9 Å². The van der Waals surface area contributed by atoms with Crippen molar-refractivity contribution in [3.8, 4) is 16.9 Å². The molecule has 0 spiro atoms. The summed E-state index contributed by atoms with van der Waals surface area (Å²) in [6, 6.07) is 19.9. The average molecular weight is 819 g/mol. The van der Waals surface area contributed by atoms with Crippen LogP contribution in [0.15, 0.2) is 90.0 Å². The van der Waals surface area contributed by atoms with Gasteiger partial charge < -0.3 is 29.6 Å². The Labute approximate surface area is 334 Å². The number of aromatic nitrogens is 3. The van der Waals surface area contributed by atoms with E-state index in [1.807, 2.05) is 0 Å². The molecule has 58 heavy (non-hydrogen) atoms. The zero-order valence-corrected chi connectivity index (χ0v) is 33.8. The maximum atomic E-state index is 14.0. The highest BCUT2D eigenvalue weighted by molar-refractivity contribution is 7.90. The standard InChI is InChI=1S/C40H43FN6O10S/c1-24(55-35(49)40(5,6)44-37(50)57-39(2,3)4)56-38(51)47(31-19-18-30(58(8,52)53)22-32(31)54-7)36-43-33-20-13-27(23-46(33)45-36)26-11-16-29(17-12-26)42-34(48)21-25-9-14-28(41)15-10-25/h9-20,22-24H,21H2,1-8H3,(H,42,48)(H,44,50). The van der Waals surface area contributed by atoms with Crippen molar-refractivity contribution in [3.05, 3.63) is 96.4 Å². The highest BCUT2D eigenvalue weighted by Crippen LogP contribution is 2.36. The summed E-state index contributed by atoms with van der Waals surface area (Å²) in [5.41, 5.74) is 0.552. The van der Waals surface area contributed by atoms with Gasteiger partial charge in [0.1, 0.15) is 22.7 Å². The summed E-state index contributed by atoms with van der Waals surface area (Å²) < 4.78 is 61.0. The lowest BCUT2D eigenvalue weighted by molar-refractivity contribution is -0.171. The molecule has 5 rings (SSSR count). The van der Waals surface area contributed by atoms with Crippen LogP contribution < -0.4 is 20.3 Å². The number of ether oxygens (including phenoxy) is 4. The molecule has 0 saturated carbocycles. The predicted molar refractivity (Wildman–Crippen MR) is 211 cm³/mol. The summed E-state index contributed by atoms with van der Waals surface area (Å²) in [7, 11) is -2.40. The second-order valence-corrected chi connectivity index (χ2v) is 16.6. The molecule has 2 aromatic heterocycles. The van der Waals surface area contributed by atoms with E-state index < -0.39 is 45.4 Å². The number of benzene rings is 3. The summed E-state index contributed by atoms with van der Waals surface area (Å²) in [5, 5.41) is 9.77. The summed E-state index contributed by atoms with van der Waals surface area (Å²) in [5.74, 6) is -1.86. The highest BCUT2D eigenvalue weighted by Gasteiger charge is 2.36. The second kappa shape index (κ2) is 16.9. The zero-order valence-electron chi connectivity index (χ0n) is 33.0. The van der Waals surface area contributed by atoms with Crippen LogP contribution in [0.4, 0.5) is 31.3 Å². The predicted octanol–water partition coefficient (Wildman–Crippen LogP) is 6.60. The Hall–Kier alpha value is -6.56. The van der Waals surface area contributed by atoms with Crippen molar-refractivity contribution in [2.24, 2.45) is 0 Å². The van der Waals surface area contributed by atoms with Crippen LogP contribution in [0.25, 0.3) is 16.8 Å². The van der Waals surface area contributed by atoms with E-state index >= 15 is 0 Å². The lowest BCUT2D eigenvalue weighted by Crippen LogP contribution is -2.52. The van der Waals surface area contributed by atoms with Gasteiger partial charge in [-0.1, -0.05) is 24.3 Å². The van der Waals surface area contributed by atoms with Crippen molar-refractivity contribution in [2.45, 2.75) is 70.3 Å². The van der Waals surface area contributed by atoms with Gasteiger partial charge in [0.05, 0.1) is 24.1 Å². The molecular formula is C40H43FN6O10S. The fourth-order valence-corrected chi connectivity index (χ4v) is 6.00. The Bertz CT molecular complexity index is 2450. The molecule has 5 aromatic rings. The molecule has 0 aliphatic carbocycles. The molecule has 2 heterocycles. The van der Waals surface area contributed by atoms with E-state index in [1.54, 1.807) is 75.5 Å². The molecule has 18 heteroatoms. The molecule has 16 nitrogen and oxygen atoms in total. The van der Waals surface area contributed by atoms with Gasteiger partial charge in [0.25, 0.3) is 5.95 Å². The van der Waals surface area contributed by atoms with E-state index in [-0.39, 0.29) is 40.4 Å². The minimum absolute atomic E-state index is 0.00135. The summed E-state index contributed by atoms with van der Waals surface area (Å²) in [4.78, 5) is 57.3. The number of esters is 1. The van der Waals surface area contributed by atoms with Gasteiger partial charge in [-0.3, -0.25) is 4.79 Å². The van der Waals surface area contributed by atoms with Gasteiger partial charge in [-0.05, 0) is 94.3 Å². The average Bonchev–Trinajstić information content (AvgIpc) is 3.54. The molecule has 2 N–H and O–H groups in total. The largest absolute Gasteiger partial charge is 0.495 e. The van der Waals surface area contributed by atoms with Crippen molar-refractivity contribution in [1.29, 1.82) is 0 Å². The van der Waals surface area contributed by atoms with E-state index in [0.29, 0.717) is 22.5 Å². The number of hydrogen-bond donors (Lipinski definition) is 2. The van der Waals surface area contributed by atoms with Gasteiger partial charge in [-0.2, -0.15) is 4.98 Å². The third kappa shape index (κ3) is 10.8. The zero-order chi connectivity index (χ0) is 42.6. The number of sulfone groups is 1. The van der Waals surface area contributed by atoms with Gasteiger partial charge in [0.2, 0.25) is 12.2 Å². The number of alkyl carbamates (subject to hydrolysis) is 1. The minimum Gasteiger partial charge on any atom is -0.495 e. The fraction of sp³-hybridized carbons (Fsp3) is 0.300. The fourth-order valence-electron chi connectivity index (χ4n) is 5.36. The lowest BCUT2D eigenvalue weighted by atomic mass is 10.1. The van der Waals surface area contributed by atoms with E-state index in [2.05, 4.69) is 20.7 Å². The van der Waals surface area contributed by atoms with Crippen molar-refractivity contribution in [3.63, 3.8) is 0 Å². The Balaban J connectivity index is 1.39. The number of rotatable bonds is 12. The van der Waals surface area contributed by atoms with Crippen LogP contribution in [0.3, 0.4) is 0 Å². The number of amides is 3. The molecule has 306 valence electrons. The number of carbonyl (C=O) groups is 4. The van der Waals surface area contributed by atoms with Gasteiger partial charge >= 0.3 is 18.2 Å². The highest BCUT2D eigenvalue weighted by atomic mass is 32.2. The Morgan fingerprint density at radius 3 is 2.17 bits per heavy atom. The quantitative estimate of drug-likeness (QED) is 0.101. The van der Waals surface area contributed by atoms with Crippen LogP contribution in [0.2, 0.25) is 0 Å². The van der Waals surface area contributed by atoms with E-state index in [9.17, 15) is 32.0 Å².